The summed E-state index contributed by atoms with van der Waals surface area (Å²) in [7, 11) is 1.36. The van der Waals surface area contributed by atoms with E-state index in [1.165, 1.54) is 7.11 Å². The van der Waals surface area contributed by atoms with E-state index in [9.17, 15) is 4.79 Å². The van der Waals surface area contributed by atoms with E-state index in [4.69, 9.17) is 15.9 Å². The first kappa shape index (κ1) is 13.3. The molecule has 1 heterocycles. The molecule has 3 N–H and O–H groups in total. The van der Waals surface area contributed by atoms with E-state index in [-0.39, 0.29) is 11.8 Å². The number of rotatable bonds is 2. The third kappa shape index (κ3) is 2.65. The number of nitrogens with two attached hydrogens (primary N) is 1. The van der Waals surface area contributed by atoms with Crippen LogP contribution in [-0.4, -0.2) is 35.4 Å². The zero-order chi connectivity index (χ0) is 13.8. The lowest BCUT2D eigenvalue weighted by Crippen LogP contribution is -2.47. The van der Waals surface area contributed by atoms with E-state index < -0.39 is 6.04 Å². The fraction of sp³-hybridized carbons (Fsp3) is 0.357. The standard InChI is InChI=1S/C14H17N3O2/c1-19-14(18)11-8-5-9-12(15)17(11)13(16)10-6-3-2-4-7-10/h2-4,6-7,11,15-16H,5,8-9H2,1H3/p+1. The summed E-state index contributed by atoms with van der Waals surface area (Å²) in [5.41, 5.74) is 6.73. The molecule has 0 radical (unpaired) electrons. The number of hydrogen-bond acceptors (Lipinski definition) is 4. The van der Waals surface area contributed by atoms with Crippen LogP contribution in [0.25, 0.3) is 0 Å². The highest BCUT2D eigenvalue weighted by Crippen LogP contribution is 2.16. The molecule has 1 aliphatic rings. The molecule has 0 saturated carbocycles. The number of carbonyl (C=O) groups excluding carboxylic acids is 1. The van der Waals surface area contributed by atoms with Crippen LogP contribution in [0.2, 0.25) is 0 Å². The third-order valence-corrected chi connectivity index (χ3v) is 3.29. The Morgan fingerprint density at radius 2 is 2.11 bits per heavy atom. The van der Waals surface area contributed by atoms with Gasteiger partial charge in [-0.05, 0) is 25.0 Å². The lowest BCUT2D eigenvalue weighted by Gasteiger charge is -2.23. The fourth-order valence-corrected chi connectivity index (χ4v) is 2.32. The van der Waals surface area contributed by atoms with Gasteiger partial charge >= 0.3 is 5.97 Å². The SMILES string of the molecule is COC(=O)C1CCCC(N)=[N+]1C(=N)c1ccccc1. The predicted molar refractivity (Wildman–Crippen MR) is 72.4 cm³/mol. The molecule has 0 fully saturated rings. The molecule has 100 valence electrons. The van der Waals surface area contributed by atoms with Crippen molar-refractivity contribution >= 4 is 17.6 Å². The highest BCUT2D eigenvalue weighted by atomic mass is 16.5. The molecule has 0 amide bonds. The molecular weight excluding hydrogens is 242 g/mol. The van der Waals surface area contributed by atoms with Crippen LogP contribution in [0.3, 0.4) is 0 Å². The molecule has 0 spiro atoms. The van der Waals surface area contributed by atoms with Gasteiger partial charge in [0.25, 0.3) is 5.84 Å². The lowest BCUT2D eigenvalue weighted by molar-refractivity contribution is -0.451. The van der Waals surface area contributed by atoms with Crippen LogP contribution >= 0.6 is 0 Å². The van der Waals surface area contributed by atoms with Gasteiger partial charge < -0.3 is 10.5 Å². The summed E-state index contributed by atoms with van der Waals surface area (Å²) in [6, 6.07) is 8.77. The van der Waals surface area contributed by atoms with E-state index in [1.807, 2.05) is 30.3 Å². The number of esters is 1. The van der Waals surface area contributed by atoms with Gasteiger partial charge in [-0.25, -0.2) is 9.37 Å². The van der Waals surface area contributed by atoms with Crippen molar-refractivity contribution in [3.05, 3.63) is 35.9 Å². The van der Waals surface area contributed by atoms with Gasteiger partial charge in [0.1, 0.15) is 0 Å². The lowest BCUT2D eigenvalue weighted by atomic mass is 10.0. The van der Waals surface area contributed by atoms with Crippen molar-refractivity contribution in [2.24, 2.45) is 5.73 Å². The summed E-state index contributed by atoms with van der Waals surface area (Å²) in [5.74, 6) is 0.451. The Hall–Kier alpha value is -2.17. The number of nitrogens with one attached hydrogen (secondary N) is 1. The second kappa shape index (κ2) is 5.65. The Morgan fingerprint density at radius 3 is 2.74 bits per heavy atom. The molecule has 5 heteroatoms. The largest absolute Gasteiger partial charge is 0.466 e. The van der Waals surface area contributed by atoms with Crippen molar-refractivity contribution in [2.45, 2.75) is 25.3 Å². The van der Waals surface area contributed by atoms with Gasteiger partial charge in [0.05, 0.1) is 12.7 Å². The molecule has 0 saturated heterocycles. The van der Waals surface area contributed by atoms with Crippen molar-refractivity contribution in [1.29, 1.82) is 5.41 Å². The Labute approximate surface area is 112 Å². The van der Waals surface area contributed by atoms with E-state index >= 15 is 0 Å². The number of benzene rings is 1. The van der Waals surface area contributed by atoms with Crippen molar-refractivity contribution < 1.29 is 14.1 Å². The monoisotopic (exact) mass is 260 g/mol. The molecule has 1 aliphatic heterocycles. The average Bonchev–Trinajstić information content (AvgIpc) is 2.46. The normalized spacial score (nSPS) is 19.1. The first-order chi connectivity index (χ1) is 9.15. The second-order valence-electron chi connectivity index (χ2n) is 4.51. The molecular formula is C14H18N3O2+. The molecule has 0 bridgehead atoms. The Balaban J connectivity index is 2.38. The van der Waals surface area contributed by atoms with Gasteiger partial charge in [-0.1, -0.05) is 18.2 Å². The summed E-state index contributed by atoms with van der Waals surface area (Å²) < 4.78 is 6.40. The number of ether oxygens (including phenoxy) is 1. The summed E-state index contributed by atoms with van der Waals surface area (Å²) in [5, 5.41) is 8.27. The van der Waals surface area contributed by atoms with Crippen LogP contribution in [0.4, 0.5) is 0 Å². The van der Waals surface area contributed by atoms with Gasteiger partial charge in [-0.3, -0.25) is 0 Å². The fourth-order valence-electron chi connectivity index (χ4n) is 2.32. The Bertz CT molecular complexity index is 523. The smallest absolute Gasteiger partial charge is 0.343 e. The van der Waals surface area contributed by atoms with Crippen LogP contribution in [-0.2, 0) is 9.53 Å². The quantitative estimate of drug-likeness (QED) is 0.362. The van der Waals surface area contributed by atoms with E-state index in [0.29, 0.717) is 18.7 Å². The van der Waals surface area contributed by atoms with Crippen LogP contribution < -0.4 is 5.73 Å². The van der Waals surface area contributed by atoms with Gasteiger partial charge in [-0.15, -0.1) is 0 Å². The molecule has 1 aromatic carbocycles. The minimum Gasteiger partial charge on any atom is -0.466 e. The van der Waals surface area contributed by atoms with Crippen LogP contribution in [0, 0.1) is 5.41 Å². The maximum atomic E-state index is 11.8. The topological polar surface area (TPSA) is 79.2 Å². The first-order valence-corrected chi connectivity index (χ1v) is 6.27. The predicted octanol–water partition coefficient (Wildman–Crippen LogP) is 1.11. The molecule has 0 aliphatic carbocycles. The summed E-state index contributed by atoms with van der Waals surface area (Å²) in [6.07, 6.45) is 2.19. The molecule has 1 aromatic rings. The maximum absolute atomic E-state index is 11.8. The highest BCUT2D eigenvalue weighted by molar-refractivity contribution is 5.96. The molecule has 19 heavy (non-hydrogen) atoms. The van der Waals surface area contributed by atoms with Gasteiger partial charge in [0.15, 0.2) is 11.9 Å². The number of carbonyl (C=O) groups is 1. The van der Waals surface area contributed by atoms with Gasteiger partial charge in [-0.2, -0.15) is 5.41 Å². The third-order valence-electron chi connectivity index (χ3n) is 3.29. The van der Waals surface area contributed by atoms with Crippen LogP contribution in [0.15, 0.2) is 30.3 Å². The zero-order valence-corrected chi connectivity index (χ0v) is 10.9. The Kier molecular flexibility index (Phi) is 3.94. The number of methoxy groups -OCH3 is 1. The van der Waals surface area contributed by atoms with Gasteiger partial charge in [0, 0.05) is 6.42 Å². The number of amidine groups is 2. The van der Waals surface area contributed by atoms with Crippen LogP contribution in [0.5, 0.6) is 0 Å². The average molecular weight is 260 g/mol. The van der Waals surface area contributed by atoms with Crippen molar-refractivity contribution in [3.8, 4) is 0 Å². The van der Waals surface area contributed by atoms with Crippen LogP contribution in [0.1, 0.15) is 24.8 Å². The molecule has 2 rings (SSSR count). The van der Waals surface area contributed by atoms with Crippen molar-refractivity contribution in [2.75, 3.05) is 7.11 Å². The molecule has 1 unspecified atom stereocenters. The minimum absolute atomic E-state index is 0.244. The molecule has 0 aromatic heterocycles. The van der Waals surface area contributed by atoms with Gasteiger partial charge in [0.2, 0.25) is 0 Å². The summed E-state index contributed by atoms with van der Waals surface area (Å²) in [4.78, 5) is 11.8. The highest BCUT2D eigenvalue weighted by Gasteiger charge is 2.34. The zero-order valence-electron chi connectivity index (χ0n) is 10.9. The number of nitrogens with zero attached hydrogens (tertiary/aromatic N) is 1. The minimum atomic E-state index is -0.494. The second-order valence-corrected chi connectivity index (χ2v) is 4.51. The summed E-state index contributed by atoms with van der Waals surface area (Å²) >= 11 is 0. The van der Waals surface area contributed by atoms with E-state index in [1.54, 1.807) is 4.58 Å². The van der Waals surface area contributed by atoms with Crippen molar-refractivity contribution in [3.63, 3.8) is 0 Å². The maximum Gasteiger partial charge on any atom is 0.343 e. The summed E-state index contributed by atoms with van der Waals surface area (Å²) in [6.45, 7) is 0. The molecule has 5 nitrogen and oxygen atoms in total. The first-order valence-electron chi connectivity index (χ1n) is 6.27. The van der Waals surface area contributed by atoms with E-state index in [2.05, 4.69) is 0 Å². The Morgan fingerprint density at radius 1 is 1.42 bits per heavy atom. The van der Waals surface area contributed by atoms with E-state index in [0.717, 1.165) is 12.0 Å². The molecule has 1 atom stereocenters. The number of hydrogen-bond donors (Lipinski definition) is 2. The van der Waals surface area contributed by atoms with Crippen molar-refractivity contribution in [1.82, 2.24) is 0 Å².